The van der Waals surface area contributed by atoms with Gasteiger partial charge in [0, 0.05) is 46.4 Å². The number of fused-ring (bicyclic) bond motifs is 1. The van der Waals surface area contributed by atoms with Gasteiger partial charge in [-0.1, -0.05) is 40.2 Å². The highest BCUT2D eigenvalue weighted by Gasteiger charge is 2.39. The second-order valence-electron chi connectivity index (χ2n) is 10.9. The summed E-state index contributed by atoms with van der Waals surface area (Å²) in [5.41, 5.74) is 4.52. The van der Waals surface area contributed by atoms with Gasteiger partial charge in [0.05, 0.1) is 9.79 Å². The smallest absolute Gasteiger partial charge is 0.263 e. The molecule has 5 aromatic rings. The highest BCUT2D eigenvalue weighted by atomic mass is 79.9. The van der Waals surface area contributed by atoms with Crippen LogP contribution >= 0.6 is 38.8 Å². The molecule has 0 radical (unpaired) electrons. The summed E-state index contributed by atoms with van der Waals surface area (Å²) in [6.07, 6.45) is 7.61. The summed E-state index contributed by atoms with van der Waals surface area (Å²) in [5.74, 6) is 0. The quantitative estimate of drug-likeness (QED) is 0.195. The summed E-state index contributed by atoms with van der Waals surface area (Å²) in [6, 6.07) is 22.4. The van der Waals surface area contributed by atoms with Gasteiger partial charge < -0.3 is 4.90 Å². The Kier molecular flexibility index (Phi) is 9.24. The van der Waals surface area contributed by atoms with Crippen molar-refractivity contribution in [2.45, 2.75) is 35.5 Å². The lowest BCUT2D eigenvalue weighted by Crippen LogP contribution is -2.40. The molecule has 0 unspecified atom stereocenters. The number of rotatable bonds is 7. The average Bonchev–Trinajstić information content (AvgIpc) is 3.80. The summed E-state index contributed by atoms with van der Waals surface area (Å²) in [6.45, 7) is 2.02. The van der Waals surface area contributed by atoms with E-state index < -0.39 is 20.0 Å². The molecule has 1 fully saturated rings. The van der Waals surface area contributed by atoms with E-state index in [1.165, 1.54) is 66.6 Å². The van der Waals surface area contributed by atoms with Crippen molar-refractivity contribution in [2.75, 3.05) is 27.4 Å². The Hall–Kier alpha value is -3.37. The lowest BCUT2D eigenvalue weighted by Gasteiger charge is -2.40. The van der Waals surface area contributed by atoms with Crippen molar-refractivity contribution in [3.8, 4) is 0 Å². The van der Waals surface area contributed by atoms with Crippen molar-refractivity contribution in [1.82, 2.24) is 14.3 Å². The number of benzene rings is 3. The van der Waals surface area contributed by atoms with Crippen molar-refractivity contribution in [3.63, 3.8) is 0 Å². The van der Waals surface area contributed by atoms with Crippen LogP contribution in [0.1, 0.15) is 24.0 Å². The van der Waals surface area contributed by atoms with Crippen molar-refractivity contribution >= 4 is 74.8 Å². The molecule has 0 atom stereocenters. The average molecular weight is 746 g/mol. The van der Waals surface area contributed by atoms with E-state index in [0.717, 1.165) is 34.8 Å². The molecular weight excluding hydrogens is 717 g/mol. The number of nitrogens with one attached hydrogen (secondary N) is 2. The molecule has 0 saturated carbocycles. The highest BCUT2D eigenvalue weighted by Crippen LogP contribution is 2.45. The number of hydrogen-bond donors (Lipinski definition) is 2. The highest BCUT2D eigenvalue weighted by molar-refractivity contribution is 9.10. The maximum Gasteiger partial charge on any atom is 0.263 e. The van der Waals surface area contributed by atoms with Crippen molar-refractivity contribution in [2.24, 2.45) is 5.41 Å². The number of hydrogen-bond acceptors (Lipinski definition) is 10. The summed E-state index contributed by atoms with van der Waals surface area (Å²) < 4.78 is 58.0. The van der Waals surface area contributed by atoms with Gasteiger partial charge in [0.25, 0.3) is 20.0 Å². The van der Waals surface area contributed by atoms with Crippen LogP contribution in [0.15, 0.2) is 105 Å². The van der Waals surface area contributed by atoms with Gasteiger partial charge in [0.1, 0.15) is 6.33 Å². The zero-order valence-corrected chi connectivity index (χ0v) is 28.7. The van der Waals surface area contributed by atoms with Crippen LogP contribution in [0.4, 0.5) is 16.0 Å². The molecule has 1 aliphatic carbocycles. The Morgan fingerprint density at radius 2 is 1.33 bits per heavy atom. The minimum Gasteiger partial charge on any atom is -0.371 e. The van der Waals surface area contributed by atoms with Crippen LogP contribution in [0.2, 0.25) is 0 Å². The minimum absolute atomic E-state index is 0.186. The fourth-order valence-corrected chi connectivity index (χ4v) is 9.37. The monoisotopic (exact) mass is 744 g/mol. The molecule has 0 bridgehead atoms. The topological polar surface area (TPSA) is 134 Å². The largest absolute Gasteiger partial charge is 0.371 e. The normalized spacial score (nSPS) is 15.6. The van der Waals surface area contributed by atoms with Crippen LogP contribution in [0, 0.1) is 5.41 Å². The van der Waals surface area contributed by atoms with E-state index in [2.05, 4.69) is 68.9 Å². The van der Waals surface area contributed by atoms with Gasteiger partial charge in [-0.25, -0.2) is 26.8 Å². The molecule has 15 heteroatoms. The van der Waals surface area contributed by atoms with E-state index in [9.17, 15) is 16.8 Å². The van der Waals surface area contributed by atoms with Crippen LogP contribution in [0.5, 0.6) is 0 Å². The third kappa shape index (κ3) is 7.55. The molecule has 1 saturated heterocycles. The fraction of sp³-hybridized carbons (Fsp3) is 0.233. The van der Waals surface area contributed by atoms with Crippen LogP contribution < -0.4 is 14.3 Å². The standard InChI is InChI=1S/C22H23N3O2S2.C8H6BrN3O2S2/c26-29(27,24-21-23-11-14-28-21)20-7-5-19(6-8-20)25-12-9-22(10-13-25)15-17-3-1-2-4-18(17)16-22;9-6-1-3-7(4-2-6)16(13,14)12-8-10-5-11-15-8/h1-8,11,14H,9-10,12-13,15-16H2,(H,23,24);1-5H,(H,10,11,12). The van der Waals surface area contributed by atoms with E-state index in [-0.39, 0.29) is 14.9 Å². The maximum absolute atomic E-state index is 12.5. The minimum atomic E-state index is -3.60. The predicted octanol–water partition coefficient (Wildman–Crippen LogP) is 6.43. The summed E-state index contributed by atoms with van der Waals surface area (Å²) >= 11 is 5.49. The van der Waals surface area contributed by atoms with Gasteiger partial charge in [-0.3, -0.25) is 9.44 Å². The molecule has 234 valence electrons. The first kappa shape index (κ1) is 31.6. The molecule has 10 nitrogen and oxygen atoms in total. The Morgan fingerprint density at radius 1 is 0.756 bits per heavy atom. The van der Waals surface area contributed by atoms with Gasteiger partial charge in [-0.15, -0.1) is 11.3 Å². The van der Waals surface area contributed by atoms with Crippen molar-refractivity contribution < 1.29 is 16.8 Å². The van der Waals surface area contributed by atoms with E-state index in [0.29, 0.717) is 10.5 Å². The molecular formula is C30H29BrN6O4S4. The van der Waals surface area contributed by atoms with Gasteiger partial charge in [0.15, 0.2) is 5.13 Å². The van der Waals surface area contributed by atoms with E-state index in [4.69, 9.17) is 0 Å². The summed E-state index contributed by atoms with van der Waals surface area (Å²) in [5, 5.41) is 2.38. The Balaban J connectivity index is 0.000000189. The number of nitrogens with zero attached hydrogens (tertiary/aromatic N) is 4. The second kappa shape index (κ2) is 13.2. The summed E-state index contributed by atoms with van der Waals surface area (Å²) in [7, 11) is -7.16. The van der Waals surface area contributed by atoms with Crippen LogP contribution in [0.25, 0.3) is 0 Å². The molecule has 7 rings (SSSR count). The number of halogens is 1. The second-order valence-corrected chi connectivity index (χ2v) is 16.8. The maximum atomic E-state index is 12.5. The third-order valence-electron chi connectivity index (χ3n) is 7.95. The number of thiazole rings is 1. The fourth-order valence-electron chi connectivity index (χ4n) is 5.66. The zero-order chi connectivity index (χ0) is 31.5. The number of piperidine rings is 1. The lowest BCUT2D eigenvalue weighted by molar-refractivity contribution is 0.233. The van der Waals surface area contributed by atoms with E-state index >= 15 is 0 Å². The number of sulfonamides is 2. The number of anilines is 3. The van der Waals surface area contributed by atoms with Gasteiger partial charge >= 0.3 is 0 Å². The molecule has 3 heterocycles. The molecule has 2 N–H and O–H groups in total. The van der Waals surface area contributed by atoms with Crippen molar-refractivity contribution in [1.29, 1.82) is 0 Å². The number of aromatic nitrogens is 3. The van der Waals surface area contributed by atoms with Crippen LogP contribution in [-0.4, -0.2) is 44.3 Å². The first-order valence-corrected chi connectivity index (χ1v) is 19.4. The van der Waals surface area contributed by atoms with Crippen molar-refractivity contribution in [3.05, 3.63) is 106 Å². The first-order chi connectivity index (χ1) is 21.6. The zero-order valence-electron chi connectivity index (χ0n) is 23.8. The Bertz CT molecular complexity index is 1920. The Labute approximate surface area is 279 Å². The molecule has 1 spiro atoms. The molecule has 2 aliphatic rings. The van der Waals surface area contributed by atoms with Gasteiger partial charge in [-0.05, 0) is 90.8 Å². The third-order valence-corrected chi connectivity index (χ3v) is 12.7. The molecule has 0 amide bonds. The first-order valence-electron chi connectivity index (χ1n) is 14.0. The molecule has 3 aromatic carbocycles. The summed E-state index contributed by atoms with van der Waals surface area (Å²) in [4.78, 5) is 10.6. The van der Waals surface area contributed by atoms with E-state index in [1.54, 1.807) is 35.8 Å². The predicted molar refractivity (Wildman–Crippen MR) is 182 cm³/mol. The van der Waals surface area contributed by atoms with Gasteiger partial charge in [0.2, 0.25) is 5.13 Å². The van der Waals surface area contributed by atoms with Gasteiger partial charge in [-0.2, -0.15) is 4.37 Å². The molecule has 2 aromatic heterocycles. The Morgan fingerprint density at radius 3 is 1.87 bits per heavy atom. The lowest BCUT2D eigenvalue weighted by atomic mass is 9.76. The van der Waals surface area contributed by atoms with Crippen LogP contribution in [-0.2, 0) is 32.9 Å². The van der Waals surface area contributed by atoms with E-state index in [1.807, 2.05) is 12.1 Å². The SMILES string of the molecule is O=S(=O)(Nc1nccs1)c1ccc(N2CCC3(CC2)Cc2ccccc2C3)cc1.O=S(=O)(Nc1ncns1)c1ccc(Br)cc1. The molecule has 1 aliphatic heterocycles. The van der Waals surface area contributed by atoms with Crippen LogP contribution in [0.3, 0.4) is 0 Å². The molecule has 45 heavy (non-hydrogen) atoms.